The molecule has 4 aromatic rings. The molecule has 0 unspecified atom stereocenters. The number of halogens is 1. The molecule has 0 bridgehead atoms. The third-order valence-corrected chi connectivity index (χ3v) is 4.63. The molecule has 0 aliphatic heterocycles. The highest BCUT2D eigenvalue weighted by Crippen LogP contribution is 2.34. The first-order chi connectivity index (χ1) is 14.5. The van der Waals surface area contributed by atoms with Gasteiger partial charge in [0.1, 0.15) is 17.4 Å². The molecule has 0 atom stereocenters. The summed E-state index contributed by atoms with van der Waals surface area (Å²) in [7, 11) is 1.61. The van der Waals surface area contributed by atoms with E-state index in [0.717, 1.165) is 5.56 Å². The van der Waals surface area contributed by atoms with E-state index in [4.69, 9.17) is 15.5 Å². The maximum Gasteiger partial charge on any atom is 0.225 e. The number of rotatable bonds is 6. The maximum atomic E-state index is 13.8. The van der Waals surface area contributed by atoms with E-state index in [-0.39, 0.29) is 5.82 Å². The highest BCUT2D eigenvalue weighted by molar-refractivity contribution is 5.99. The van der Waals surface area contributed by atoms with Crippen molar-refractivity contribution in [1.29, 1.82) is 0 Å². The lowest BCUT2D eigenvalue weighted by molar-refractivity contribution is 0.415. The molecule has 0 fully saturated rings. The monoisotopic (exact) mass is 406 g/mol. The van der Waals surface area contributed by atoms with Gasteiger partial charge in [0.15, 0.2) is 5.65 Å². The quantitative estimate of drug-likeness (QED) is 0.497. The summed E-state index contributed by atoms with van der Waals surface area (Å²) in [5.41, 5.74) is 8.84. The van der Waals surface area contributed by atoms with E-state index in [2.05, 4.69) is 29.2 Å². The van der Waals surface area contributed by atoms with Gasteiger partial charge in [-0.15, -0.1) is 5.10 Å². The second-order valence-electron chi connectivity index (χ2n) is 7.38. The number of benzene rings is 2. The molecule has 30 heavy (non-hydrogen) atoms. The van der Waals surface area contributed by atoms with Crippen molar-refractivity contribution in [1.82, 2.24) is 19.7 Å². The zero-order valence-corrected chi connectivity index (χ0v) is 17.1. The van der Waals surface area contributed by atoms with Crippen molar-refractivity contribution in [3.63, 3.8) is 0 Å². The number of nitrogens with zero attached hydrogens (tertiary/aromatic N) is 4. The van der Waals surface area contributed by atoms with E-state index in [0.29, 0.717) is 52.4 Å². The van der Waals surface area contributed by atoms with Crippen molar-refractivity contribution in [3.8, 4) is 22.7 Å². The molecule has 4 rings (SSSR count). The third-order valence-electron chi connectivity index (χ3n) is 4.63. The molecule has 8 heteroatoms. The normalized spacial score (nSPS) is 11.2. The molecule has 2 aromatic heterocycles. The maximum absolute atomic E-state index is 13.8. The lowest BCUT2D eigenvalue weighted by atomic mass is 10.1. The zero-order valence-electron chi connectivity index (χ0n) is 17.1. The van der Waals surface area contributed by atoms with Gasteiger partial charge < -0.3 is 15.8 Å². The van der Waals surface area contributed by atoms with Gasteiger partial charge in [0, 0.05) is 12.1 Å². The van der Waals surface area contributed by atoms with Crippen LogP contribution in [0.5, 0.6) is 5.75 Å². The smallest absolute Gasteiger partial charge is 0.225 e. The van der Waals surface area contributed by atoms with Gasteiger partial charge in [-0.25, -0.2) is 14.1 Å². The number of hydrogen-bond acceptors (Lipinski definition) is 6. The van der Waals surface area contributed by atoms with Gasteiger partial charge in [-0.2, -0.15) is 4.98 Å². The lowest BCUT2D eigenvalue weighted by Crippen LogP contribution is -2.11. The van der Waals surface area contributed by atoms with Crippen LogP contribution in [0.2, 0.25) is 0 Å². The lowest BCUT2D eigenvalue weighted by Gasteiger charge is -2.10. The minimum Gasteiger partial charge on any atom is -0.497 e. The Morgan fingerprint density at radius 3 is 2.67 bits per heavy atom. The minimum atomic E-state index is -0.371. The number of aromatic nitrogens is 4. The summed E-state index contributed by atoms with van der Waals surface area (Å²) in [5, 5.41) is 8.39. The summed E-state index contributed by atoms with van der Waals surface area (Å²) in [5.74, 6) is 1.54. The van der Waals surface area contributed by atoms with Crippen LogP contribution in [0.25, 0.3) is 28.0 Å². The number of anilines is 2. The summed E-state index contributed by atoms with van der Waals surface area (Å²) in [6.45, 7) is 4.92. The van der Waals surface area contributed by atoms with Crippen molar-refractivity contribution in [3.05, 3.63) is 54.3 Å². The van der Waals surface area contributed by atoms with E-state index >= 15 is 0 Å². The molecule has 154 valence electrons. The Morgan fingerprint density at radius 1 is 1.13 bits per heavy atom. The molecule has 0 saturated carbocycles. The van der Waals surface area contributed by atoms with Crippen LogP contribution in [0.4, 0.5) is 16.2 Å². The average Bonchev–Trinajstić information content (AvgIpc) is 3.08. The number of methoxy groups -OCH3 is 1. The Bertz CT molecular complexity index is 1200. The first-order valence-electron chi connectivity index (χ1n) is 9.66. The van der Waals surface area contributed by atoms with Gasteiger partial charge in [0.05, 0.1) is 23.9 Å². The Labute approximate surface area is 173 Å². The van der Waals surface area contributed by atoms with Crippen LogP contribution >= 0.6 is 0 Å². The fourth-order valence-corrected chi connectivity index (χ4v) is 3.17. The van der Waals surface area contributed by atoms with E-state index in [1.165, 1.54) is 16.8 Å². The highest BCUT2D eigenvalue weighted by Gasteiger charge is 2.20. The summed E-state index contributed by atoms with van der Waals surface area (Å²) in [4.78, 5) is 9.26. The number of nitrogen functional groups attached to an aromatic ring is 1. The van der Waals surface area contributed by atoms with Crippen molar-refractivity contribution in [2.24, 2.45) is 5.92 Å². The van der Waals surface area contributed by atoms with Crippen LogP contribution in [0.3, 0.4) is 0 Å². The predicted octanol–water partition coefficient (Wildman–Crippen LogP) is 4.28. The molecule has 0 saturated heterocycles. The second kappa shape index (κ2) is 7.98. The number of nitrogens with two attached hydrogens (primary N) is 1. The fourth-order valence-electron chi connectivity index (χ4n) is 3.17. The topological polar surface area (TPSA) is 90.9 Å². The van der Waals surface area contributed by atoms with Crippen LogP contribution in [-0.4, -0.2) is 33.4 Å². The molecule has 3 N–H and O–H groups in total. The molecule has 0 amide bonds. The molecule has 0 aliphatic carbocycles. The molecular formula is C22H23FN6O. The fraction of sp³-hybridized carbons (Fsp3) is 0.227. The van der Waals surface area contributed by atoms with Crippen LogP contribution in [0.1, 0.15) is 13.8 Å². The van der Waals surface area contributed by atoms with Crippen molar-refractivity contribution in [2.75, 3.05) is 24.7 Å². The van der Waals surface area contributed by atoms with Gasteiger partial charge >= 0.3 is 0 Å². The van der Waals surface area contributed by atoms with E-state index in [9.17, 15) is 4.39 Å². The summed E-state index contributed by atoms with van der Waals surface area (Å²) in [6, 6.07) is 13.7. The molecule has 0 radical (unpaired) electrons. The second-order valence-corrected chi connectivity index (χ2v) is 7.38. The predicted molar refractivity (Wildman–Crippen MR) is 116 cm³/mol. The van der Waals surface area contributed by atoms with Gasteiger partial charge in [0.2, 0.25) is 5.95 Å². The van der Waals surface area contributed by atoms with Crippen molar-refractivity contribution in [2.45, 2.75) is 13.8 Å². The van der Waals surface area contributed by atoms with Crippen LogP contribution in [0.15, 0.2) is 48.5 Å². The van der Waals surface area contributed by atoms with Crippen molar-refractivity contribution < 1.29 is 9.13 Å². The van der Waals surface area contributed by atoms with Crippen LogP contribution in [0, 0.1) is 11.7 Å². The third kappa shape index (κ3) is 3.76. The molecule has 0 aliphatic rings. The van der Waals surface area contributed by atoms with E-state index in [1.54, 1.807) is 19.2 Å². The Kier molecular flexibility index (Phi) is 5.22. The molecule has 7 nitrogen and oxygen atoms in total. The van der Waals surface area contributed by atoms with Gasteiger partial charge in [0.25, 0.3) is 0 Å². The molecular weight excluding hydrogens is 383 g/mol. The Hall–Kier alpha value is -3.68. The van der Waals surface area contributed by atoms with E-state index in [1.807, 2.05) is 24.3 Å². The average molecular weight is 406 g/mol. The number of fused-ring (bicyclic) bond motifs is 1. The van der Waals surface area contributed by atoms with Gasteiger partial charge in [-0.3, -0.25) is 0 Å². The molecule has 0 spiro atoms. The minimum absolute atomic E-state index is 0.337. The zero-order chi connectivity index (χ0) is 21.3. The first kappa shape index (κ1) is 19.6. The summed E-state index contributed by atoms with van der Waals surface area (Å²) in [6.07, 6.45) is 0. The number of hydrogen-bond donors (Lipinski definition) is 2. The summed E-state index contributed by atoms with van der Waals surface area (Å²) < 4.78 is 20.6. The number of nitrogens with one attached hydrogen (secondary N) is 1. The SMILES string of the molecule is COc1cccc(-c2nc(NCC(C)C)nc3nn(-c4cccc(F)c4)c(N)c23)c1. The van der Waals surface area contributed by atoms with Gasteiger partial charge in [-0.1, -0.05) is 32.0 Å². The van der Waals surface area contributed by atoms with Crippen LogP contribution < -0.4 is 15.8 Å². The Morgan fingerprint density at radius 2 is 1.93 bits per heavy atom. The number of ether oxygens (including phenoxy) is 1. The highest BCUT2D eigenvalue weighted by atomic mass is 19.1. The van der Waals surface area contributed by atoms with Gasteiger partial charge in [-0.05, 0) is 36.2 Å². The first-order valence-corrected chi connectivity index (χ1v) is 9.66. The molecule has 2 heterocycles. The Balaban J connectivity index is 1.94. The van der Waals surface area contributed by atoms with Crippen molar-refractivity contribution >= 4 is 22.8 Å². The standard InChI is InChI=1S/C22H23FN6O/c1-13(2)12-25-22-26-19(14-6-4-9-17(10-14)30-3)18-20(24)29(28-21(18)27-22)16-8-5-7-15(23)11-16/h4-11,13H,12,24H2,1-3H3,(H,25,27,28). The van der Waals surface area contributed by atoms with E-state index < -0.39 is 0 Å². The largest absolute Gasteiger partial charge is 0.497 e. The summed E-state index contributed by atoms with van der Waals surface area (Å²) >= 11 is 0. The molecule has 2 aromatic carbocycles. The van der Waals surface area contributed by atoms with Crippen LogP contribution in [-0.2, 0) is 0 Å².